The number of likely N-dealkylation sites (N-methyl/N-ethyl adjacent to an activating group) is 1. The summed E-state index contributed by atoms with van der Waals surface area (Å²) in [6.07, 6.45) is 1.35. The maximum Gasteiger partial charge on any atom is 0.336 e. The lowest BCUT2D eigenvalue weighted by molar-refractivity contribution is -0.165. The zero-order valence-corrected chi connectivity index (χ0v) is 29.6. The molecule has 3 aromatic rings. The predicted octanol–water partition coefficient (Wildman–Crippen LogP) is 4.28. The molecule has 2 aliphatic heterocycles. The van der Waals surface area contributed by atoms with E-state index in [0.29, 0.717) is 49.6 Å². The van der Waals surface area contributed by atoms with Gasteiger partial charge in [-0.15, -0.1) is 0 Å². The summed E-state index contributed by atoms with van der Waals surface area (Å²) in [5.41, 5.74) is 5.12. The molecule has 11 heteroatoms. The van der Waals surface area contributed by atoms with Crippen LogP contribution in [-0.2, 0) is 24.5 Å². The number of benzene rings is 3. The average molecular weight is 687 g/mol. The standard InChI is InChI=1S/C39H50N4O7/c1-5-49-37(45)35-28-43(24-25-50-35)40-38(46)39(32-14-10-7-11-15-32)19-22-42(23-20-39)21-18-31(30-16-17-33(47-3)34(26-30)48-4)27-41(2)36(44)29-12-8-6-9-13-29/h6-17,26,31,35H,5,18-25,27-28H2,1-4H3,(H,40,46). The van der Waals surface area contributed by atoms with Gasteiger partial charge in [0.1, 0.15) is 0 Å². The Hall–Kier alpha value is -4.45. The molecular formula is C39H50N4O7. The molecule has 0 bridgehead atoms. The summed E-state index contributed by atoms with van der Waals surface area (Å²) < 4.78 is 21.9. The summed E-state index contributed by atoms with van der Waals surface area (Å²) in [4.78, 5) is 44.1. The number of carbonyl (C=O) groups is 3. The van der Waals surface area contributed by atoms with Gasteiger partial charge in [0.25, 0.3) is 5.91 Å². The van der Waals surface area contributed by atoms with Gasteiger partial charge in [-0.3, -0.25) is 15.0 Å². The summed E-state index contributed by atoms with van der Waals surface area (Å²) in [7, 11) is 5.09. The second-order valence-corrected chi connectivity index (χ2v) is 12.9. The van der Waals surface area contributed by atoms with E-state index in [4.69, 9.17) is 18.9 Å². The molecule has 268 valence electrons. The van der Waals surface area contributed by atoms with Crippen LogP contribution in [0.4, 0.5) is 0 Å². The molecule has 2 aliphatic rings. The number of amides is 2. The molecule has 0 aliphatic carbocycles. The van der Waals surface area contributed by atoms with E-state index in [1.54, 1.807) is 31.1 Å². The summed E-state index contributed by atoms with van der Waals surface area (Å²) in [6.45, 7) is 5.86. The molecule has 2 fully saturated rings. The number of morpholine rings is 1. The van der Waals surface area contributed by atoms with Gasteiger partial charge in [-0.05, 0) is 81.2 Å². The minimum atomic E-state index is -0.737. The van der Waals surface area contributed by atoms with Crippen LogP contribution in [0.25, 0.3) is 0 Å². The van der Waals surface area contributed by atoms with Crippen LogP contribution < -0.4 is 14.9 Å². The molecule has 5 rings (SSSR count). The van der Waals surface area contributed by atoms with E-state index in [9.17, 15) is 14.4 Å². The molecule has 0 aromatic heterocycles. The number of ether oxygens (including phenoxy) is 4. The van der Waals surface area contributed by atoms with Crippen molar-refractivity contribution in [2.75, 3.05) is 73.7 Å². The number of likely N-dealkylation sites (tertiary alicyclic amines) is 1. The van der Waals surface area contributed by atoms with Crippen LogP contribution in [0.2, 0.25) is 0 Å². The molecule has 2 unspecified atom stereocenters. The number of rotatable bonds is 14. The molecular weight excluding hydrogens is 636 g/mol. The molecule has 2 saturated heterocycles. The number of hydrazine groups is 1. The Bertz CT molecular complexity index is 1560. The SMILES string of the molecule is CCOC(=O)C1CN(NC(=O)C2(c3ccccc3)CCN(CCC(CN(C)C(=O)c3ccccc3)c3ccc(OC)c(OC)c3)CC2)CCO1. The molecule has 50 heavy (non-hydrogen) atoms. The van der Waals surface area contributed by atoms with Crippen LogP contribution in [-0.4, -0.2) is 112 Å². The van der Waals surface area contributed by atoms with Gasteiger partial charge in [0.2, 0.25) is 5.91 Å². The highest BCUT2D eigenvalue weighted by Crippen LogP contribution is 2.37. The predicted molar refractivity (Wildman–Crippen MR) is 190 cm³/mol. The third-order valence-electron chi connectivity index (χ3n) is 9.88. The van der Waals surface area contributed by atoms with E-state index in [-0.39, 0.29) is 30.9 Å². The van der Waals surface area contributed by atoms with Crippen LogP contribution in [0.1, 0.15) is 53.6 Å². The smallest absolute Gasteiger partial charge is 0.336 e. The lowest BCUT2D eigenvalue weighted by atomic mass is 9.72. The van der Waals surface area contributed by atoms with Crippen molar-refractivity contribution in [2.45, 2.75) is 43.6 Å². The molecule has 2 heterocycles. The van der Waals surface area contributed by atoms with E-state index in [1.165, 1.54) is 0 Å². The number of esters is 1. The van der Waals surface area contributed by atoms with Crippen molar-refractivity contribution in [3.05, 3.63) is 95.6 Å². The first-order valence-electron chi connectivity index (χ1n) is 17.4. The first-order chi connectivity index (χ1) is 24.3. The Morgan fingerprint density at radius 3 is 2.28 bits per heavy atom. The van der Waals surface area contributed by atoms with E-state index in [0.717, 1.165) is 37.2 Å². The highest BCUT2D eigenvalue weighted by molar-refractivity contribution is 5.94. The highest BCUT2D eigenvalue weighted by atomic mass is 16.6. The molecule has 2 atom stereocenters. The van der Waals surface area contributed by atoms with Crippen LogP contribution in [0.3, 0.4) is 0 Å². The zero-order chi connectivity index (χ0) is 35.5. The Kier molecular flexibility index (Phi) is 12.9. The van der Waals surface area contributed by atoms with E-state index in [1.807, 2.05) is 85.9 Å². The lowest BCUT2D eigenvalue weighted by Crippen LogP contribution is -2.59. The van der Waals surface area contributed by atoms with Crippen molar-refractivity contribution in [3.8, 4) is 11.5 Å². The van der Waals surface area contributed by atoms with Crippen LogP contribution in [0.5, 0.6) is 11.5 Å². The number of methoxy groups -OCH3 is 2. The maximum absolute atomic E-state index is 14.2. The molecule has 0 spiro atoms. The fourth-order valence-electron chi connectivity index (χ4n) is 6.96. The molecule has 3 aromatic carbocycles. The monoisotopic (exact) mass is 686 g/mol. The summed E-state index contributed by atoms with van der Waals surface area (Å²) in [6, 6.07) is 25.3. The molecule has 0 saturated carbocycles. The summed E-state index contributed by atoms with van der Waals surface area (Å²) in [5, 5.41) is 1.78. The minimum absolute atomic E-state index is 0.0263. The van der Waals surface area contributed by atoms with E-state index in [2.05, 4.69) is 10.3 Å². The van der Waals surface area contributed by atoms with Crippen molar-refractivity contribution in [1.82, 2.24) is 20.2 Å². The number of nitrogens with zero attached hydrogens (tertiary/aromatic N) is 3. The molecule has 0 radical (unpaired) electrons. The normalized spacial score (nSPS) is 18.4. The largest absolute Gasteiger partial charge is 0.493 e. The first-order valence-corrected chi connectivity index (χ1v) is 17.4. The fraction of sp³-hybridized carbons (Fsp3) is 0.462. The van der Waals surface area contributed by atoms with Gasteiger partial charge >= 0.3 is 5.97 Å². The Morgan fingerprint density at radius 2 is 1.62 bits per heavy atom. The van der Waals surface area contributed by atoms with Crippen LogP contribution in [0.15, 0.2) is 78.9 Å². The van der Waals surface area contributed by atoms with Gasteiger partial charge in [-0.2, -0.15) is 0 Å². The fourth-order valence-corrected chi connectivity index (χ4v) is 6.96. The Morgan fingerprint density at radius 1 is 0.940 bits per heavy atom. The zero-order valence-electron chi connectivity index (χ0n) is 29.6. The van der Waals surface area contributed by atoms with E-state index < -0.39 is 17.5 Å². The Balaban J connectivity index is 1.28. The number of carbonyl (C=O) groups excluding carboxylic acids is 3. The van der Waals surface area contributed by atoms with Gasteiger partial charge in [-0.1, -0.05) is 54.6 Å². The van der Waals surface area contributed by atoms with Gasteiger partial charge in [-0.25, -0.2) is 9.80 Å². The van der Waals surface area contributed by atoms with Gasteiger partial charge < -0.3 is 28.7 Å². The van der Waals surface area contributed by atoms with Crippen molar-refractivity contribution in [1.29, 1.82) is 0 Å². The second kappa shape index (κ2) is 17.5. The van der Waals surface area contributed by atoms with E-state index >= 15 is 0 Å². The second-order valence-electron chi connectivity index (χ2n) is 12.9. The van der Waals surface area contributed by atoms with Crippen molar-refractivity contribution < 1.29 is 33.3 Å². The quantitative estimate of drug-likeness (QED) is 0.249. The van der Waals surface area contributed by atoms with Crippen molar-refractivity contribution in [2.24, 2.45) is 0 Å². The lowest BCUT2D eigenvalue weighted by Gasteiger charge is -2.43. The average Bonchev–Trinajstić information content (AvgIpc) is 3.16. The van der Waals surface area contributed by atoms with Gasteiger partial charge in [0.05, 0.1) is 39.4 Å². The number of nitrogens with one attached hydrogen (secondary N) is 1. The minimum Gasteiger partial charge on any atom is -0.493 e. The van der Waals surface area contributed by atoms with Gasteiger partial charge in [0.15, 0.2) is 17.6 Å². The van der Waals surface area contributed by atoms with Gasteiger partial charge in [0, 0.05) is 31.6 Å². The third-order valence-corrected chi connectivity index (χ3v) is 9.88. The van der Waals surface area contributed by atoms with Crippen LogP contribution >= 0.6 is 0 Å². The topological polar surface area (TPSA) is 110 Å². The molecule has 1 N–H and O–H groups in total. The third kappa shape index (κ3) is 8.82. The Labute approximate surface area is 295 Å². The van der Waals surface area contributed by atoms with Crippen molar-refractivity contribution >= 4 is 17.8 Å². The van der Waals surface area contributed by atoms with Crippen LogP contribution in [0, 0.1) is 0 Å². The summed E-state index contributed by atoms with van der Waals surface area (Å²) >= 11 is 0. The first kappa shape index (κ1) is 36.8. The summed E-state index contributed by atoms with van der Waals surface area (Å²) in [5.74, 6) is 0.824. The number of hydrogen-bond donors (Lipinski definition) is 1. The number of hydrogen-bond acceptors (Lipinski definition) is 9. The maximum atomic E-state index is 14.2. The molecule has 11 nitrogen and oxygen atoms in total. The molecule has 2 amide bonds. The van der Waals surface area contributed by atoms with Crippen molar-refractivity contribution in [3.63, 3.8) is 0 Å². The highest BCUT2D eigenvalue weighted by Gasteiger charge is 2.44. The number of piperidine rings is 1.